The van der Waals surface area contributed by atoms with Gasteiger partial charge in [0, 0.05) is 24.7 Å². The minimum atomic E-state index is -3.75. The maximum atomic E-state index is 13.1. The maximum absolute atomic E-state index is 13.1. The molecule has 0 radical (unpaired) electrons. The van der Waals surface area contributed by atoms with Crippen LogP contribution in [0.4, 0.5) is 10.5 Å². The van der Waals surface area contributed by atoms with Crippen molar-refractivity contribution in [1.29, 1.82) is 0 Å². The third kappa shape index (κ3) is 4.47. The quantitative estimate of drug-likeness (QED) is 0.741. The number of hydrogen-bond acceptors (Lipinski definition) is 4. The van der Waals surface area contributed by atoms with E-state index in [1.54, 1.807) is 38.4 Å². The Kier molecular flexibility index (Phi) is 6.27. The first kappa shape index (κ1) is 21.3. The van der Waals surface area contributed by atoms with Crippen LogP contribution in [0.1, 0.15) is 27.8 Å². The van der Waals surface area contributed by atoms with Gasteiger partial charge in [-0.05, 0) is 92.4 Å². The molecule has 0 bridgehead atoms. The number of carbonyl (C=O) groups is 1. The summed E-state index contributed by atoms with van der Waals surface area (Å²) >= 11 is 1.05. The number of benzene rings is 2. The van der Waals surface area contributed by atoms with Gasteiger partial charge in [-0.1, -0.05) is 6.07 Å². The average molecular weight is 407 g/mol. The molecule has 0 aliphatic rings. The van der Waals surface area contributed by atoms with Crippen molar-refractivity contribution in [3.05, 3.63) is 52.1 Å². The topological polar surface area (TPSA) is 66.5 Å². The summed E-state index contributed by atoms with van der Waals surface area (Å²) in [5.41, 5.74) is 5.04. The molecule has 1 N–H and O–H groups in total. The number of amides is 1. The summed E-state index contributed by atoms with van der Waals surface area (Å²) in [7, 11) is -0.400. The van der Waals surface area contributed by atoms with Crippen molar-refractivity contribution in [2.75, 3.05) is 18.8 Å². The summed E-state index contributed by atoms with van der Waals surface area (Å²) in [6.07, 6.45) is 0. The molecule has 5 nitrogen and oxygen atoms in total. The van der Waals surface area contributed by atoms with E-state index in [0.29, 0.717) is 15.5 Å². The van der Waals surface area contributed by atoms with Gasteiger partial charge in [-0.25, -0.2) is 8.42 Å². The highest BCUT2D eigenvalue weighted by atomic mass is 32.2. The van der Waals surface area contributed by atoms with Gasteiger partial charge in [0.1, 0.15) is 0 Å². The van der Waals surface area contributed by atoms with E-state index in [2.05, 4.69) is 4.72 Å². The van der Waals surface area contributed by atoms with Crippen LogP contribution >= 0.6 is 11.8 Å². The van der Waals surface area contributed by atoms with Crippen molar-refractivity contribution in [1.82, 2.24) is 4.90 Å². The lowest BCUT2D eigenvalue weighted by atomic mass is 9.95. The van der Waals surface area contributed by atoms with E-state index in [1.807, 2.05) is 34.6 Å². The highest BCUT2D eigenvalue weighted by Gasteiger charge is 2.24. The minimum absolute atomic E-state index is 0.119. The van der Waals surface area contributed by atoms with Crippen LogP contribution in [0.15, 0.2) is 34.1 Å². The third-order valence-electron chi connectivity index (χ3n) is 4.86. The molecular formula is C20H26N2O3S2. The number of hydrogen-bond donors (Lipinski definition) is 1. The molecule has 7 heteroatoms. The summed E-state index contributed by atoms with van der Waals surface area (Å²) in [6, 6.07) is 6.86. The van der Waals surface area contributed by atoms with Crippen molar-refractivity contribution in [3.8, 4) is 0 Å². The summed E-state index contributed by atoms with van der Waals surface area (Å²) in [5.74, 6) is 0. The zero-order valence-electron chi connectivity index (χ0n) is 16.8. The molecule has 2 aromatic carbocycles. The van der Waals surface area contributed by atoms with Gasteiger partial charge in [0.2, 0.25) is 0 Å². The molecular weight excluding hydrogens is 380 g/mol. The van der Waals surface area contributed by atoms with Gasteiger partial charge in [-0.2, -0.15) is 0 Å². The molecule has 0 saturated carbocycles. The molecule has 27 heavy (non-hydrogen) atoms. The van der Waals surface area contributed by atoms with E-state index in [0.717, 1.165) is 39.6 Å². The smallest absolute Gasteiger partial charge is 0.285 e. The number of rotatable bonds is 4. The van der Waals surface area contributed by atoms with E-state index in [-0.39, 0.29) is 5.24 Å². The molecule has 0 spiro atoms. The fraction of sp³-hybridized carbons (Fsp3) is 0.350. The first-order valence-corrected chi connectivity index (χ1v) is 10.8. The fourth-order valence-corrected chi connectivity index (χ4v) is 5.26. The highest BCUT2D eigenvalue weighted by Crippen LogP contribution is 2.31. The average Bonchev–Trinajstić information content (AvgIpc) is 2.58. The normalized spacial score (nSPS) is 11.4. The number of nitrogens with zero attached hydrogens (tertiary/aromatic N) is 1. The standard InChI is InChI=1S/C20H26N2O3S2/c1-12-13(2)15(4)19(16(5)14(12)3)27(24,25)21-17-9-8-10-18(11-17)26-20(23)22(6)7/h8-11,21H,1-7H3. The van der Waals surface area contributed by atoms with E-state index in [4.69, 9.17) is 0 Å². The Morgan fingerprint density at radius 2 is 1.44 bits per heavy atom. The summed E-state index contributed by atoms with van der Waals surface area (Å²) < 4.78 is 28.9. The number of sulfonamides is 1. The number of anilines is 1. The monoisotopic (exact) mass is 406 g/mol. The lowest BCUT2D eigenvalue weighted by Crippen LogP contribution is -2.18. The Bertz CT molecular complexity index is 968. The molecule has 0 aromatic heterocycles. The molecule has 0 fully saturated rings. The van der Waals surface area contributed by atoms with E-state index < -0.39 is 10.0 Å². The molecule has 0 heterocycles. The number of thioether (sulfide) groups is 1. The summed E-state index contributed by atoms with van der Waals surface area (Å²) in [5, 5.41) is -0.119. The van der Waals surface area contributed by atoms with Crippen LogP contribution in [0.3, 0.4) is 0 Å². The Morgan fingerprint density at radius 1 is 0.926 bits per heavy atom. The van der Waals surface area contributed by atoms with Crippen molar-refractivity contribution in [3.63, 3.8) is 0 Å². The zero-order valence-corrected chi connectivity index (χ0v) is 18.4. The van der Waals surface area contributed by atoms with Gasteiger partial charge < -0.3 is 4.90 Å². The van der Waals surface area contributed by atoms with Gasteiger partial charge in [-0.15, -0.1) is 0 Å². The van der Waals surface area contributed by atoms with Crippen LogP contribution < -0.4 is 4.72 Å². The van der Waals surface area contributed by atoms with Crippen LogP contribution in [0.2, 0.25) is 0 Å². The molecule has 0 unspecified atom stereocenters. The summed E-state index contributed by atoms with van der Waals surface area (Å²) in [6.45, 7) is 9.58. The SMILES string of the molecule is Cc1c(C)c(C)c(S(=O)(=O)Nc2cccc(SC(=O)N(C)C)c2)c(C)c1C. The molecule has 1 amide bonds. The predicted octanol–water partition coefficient (Wildman–Crippen LogP) is 4.80. The van der Waals surface area contributed by atoms with Crippen LogP contribution in [0.5, 0.6) is 0 Å². The second-order valence-corrected chi connectivity index (χ2v) is 9.49. The van der Waals surface area contributed by atoms with Gasteiger partial charge in [0.25, 0.3) is 15.3 Å². The molecule has 0 aliphatic carbocycles. The van der Waals surface area contributed by atoms with Gasteiger partial charge in [-0.3, -0.25) is 9.52 Å². The van der Waals surface area contributed by atoms with Crippen molar-refractivity contribution >= 4 is 32.7 Å². The van der Waals surface area contributed by atoms with Crippen LogP contribution in [0, 0.1) is 34.6 Å². The van der Waals surface area contributed by atoms with Gasteiger partial charge >= 0.3 is 0 Å². The summed E-state index contributed by atoms with van der Waals surface area (Å²) in [4.78, 5) is 14.4. The molecule has 146 valence electrons. The van der Waals surface area contributed by atoms with Crippen LogP contribution in [-0.2, 0) is 10.0 Å². The Hall–Kier alpha value is -1.99. The van der Waals surface area contributed by atoms with E-state index >= 15 is 0 Å². The third-order valence-corrected chi connectivity index (χ3v) is 7.54. The first-order chi connectivity index (χ1) is 12.5. The molecule has 2 rings (SSSR count). The molecule has 0 aliphatic heterocycles. The zero-order chi connectivity index (χ0) is 20.5. The second kappa shape index (κ2) is 7.94. The lowest BCUT2D eigenvalue weighted by Gasteiger charge is -2.19. The highest BCUT2D eigenvalue weighted by molar-refractivity contribution is 8.13. The number of carbonyl (C=O) groups excluding carboxylic acids is 1. The molecule has 0 saturated heterocycles. The molecule has 0 atom stereocenters. The van der Waals surface area contributed by atoms with Crippen LogP contribution in [-0.4, -0.2) is 32.7 Å². The van der Waals surface area contributed by atoms with Crippen molar-refractivity contribution < 1.29 is 13.2 Å². The van der Waals surface area contributed by atoms with Crippen LogP contribution in [0.25, 0.3) is 0 Å². The Morgan fingerprint density at radius 3 is 1.96 bits per heavy atom. The lowest BCUT2D eigenvalue weighted by molar-refractivity contribution is 0.241. The first-order valence-electron chi connectivity index (χ1n) is 8.54. The van der Waals surface area contributed by atoms with E-state index in [9.17, 15) is 13.2 Å². The Labute approximate surface area is 166 Å². The second-order valence-electron chi connectivity index (χ2n) is 6.85. The van der Waals surface area contributed by atoms with E-state index in [1.165, 1.54) is 4.90 Å². The Balaban J connectivity index is 2.43. The fourth-order valence-electron chi connectivity index (χ4n) is 2.89. The minimum Gasteiger partial charge on any atom is -0.339 e. The maximum Gasteiger partial charge on any atom is 0.285 e. The van der Waals surface area contributed by atoms with Crippen molar-refractivity contribution in [2.24, 2.45) is 0 Å². The largest absolute Gasteiger partial charge is 0.339 e. The van der Waals surface area contributed by atoms with Gasteiger partial charge in [0.15, 0.2) is 0 Å². The predicted molar refractivity (Wildman–Crippen MR) is 112 cm³/mol. The number of nitrogens with one attached hydrogen (secondary N) is 1. The van der Waals surface area contributed by atoms with Crippen molar-refractivity contribution in [2.45, 2.75) is 44.4 Å². The molecule has 2 aromatic rings. The van der Waals surface area contributed by atoms with Gasteiger partial charge in [0.05, 0.1) is 4.90 Å².